The van der Waals surface area contributed by atoms with E-state index >= 15 is 0 Å². The smallest absolute Gasteiger partial charge is 0.462 e. The van der Waals surface area contributed by atoms with Crippen molar-refractivity contribution in [2.45, 2.75) is 187 Å². The molecule has 0 bridgehead atoms. The number of phosphoric acid groups is 1. The highest BCUT2D eigenvalue weighted by Crippen LogP contribution is 2.43. The van der Waals surface area contributed by atoms with Crippen molar-refractivity contribution in [2.75, 3.05) is 47.5 Å². The number of carbonyl (C=O) groups is 2. The monoisotopic (exact) mass is 819 g/mol. The average Bonchev–Trinajstić information content (AvgIpc) is 3.22. The van der Waals surface area contributed by atoms with Crippen molar-refractivity contribution < 1.29 is 53.0 Å². The Labute approximate surface area is 355 Å². The average molecular weight is 819 g/mol. The summed E-state index contributed by atoms with van der Waals surface area (Å²) in [6.07, 6.45) is 19.0. The molecular formula is C46H85NO8P+. The second kappa shape index (κ2) is 38.5. The van der Waals surface area contributed by atoms with Gasteiger partial charge in [0.15, 0.2) is 6.10 Å². The number of phosphoric ester groups is 1. The number of quaternary nitrogens is 1. The SMILES string of the molecule is [2H]/C(CCCC(=O)O[C@H](COC(=O)CCCCCCCCCCCCCCCCC)COP(=O)(O)OCC[N+](C)(C)C)=C(\[2H])C/C([2H])=C(/[2H])C/C([2H])=C(/[2H])C/C([2H])=C(\[2H])CCCCC. The molecule has 0 saturated carbocycles. The van der Waals surface area contributed by atoms with Gasteiger partial charge in [-0.15, -0.1) is 0 Å². The van der Waals surface area contributed by atoms with Gasteiger partial charge in [0.25, 0.3) is 0 Å². The van der Waals surface area contributed by atoms with Crippen LogP contribution >= 0.6 is 7.82 Å². The molecule has 0 aliphatic heterocycles. The van der Waals surface area contributed by atoms with Gasteiger partial charge in [0.05, 0.1) is 38.7 Å². The summed E-state index contributed by atoms with van der Waals surface area (Å²) < 4.78 is 99.5. The summed E-state index contributed by atoms with van der Waals surface area (Å²) in [5.41, 5.74) is 0. The first-order valence-corrected chi connectivity index (χ1v) is 23.1. The Morgan fingerprint density at radius 3 is 1.52 bits per heavy atom. The lowest BCUT2D eigenvalue weighted by Gasteiger charge is -2.24. The maximum atomic E-state index is 12.8. The van der Waals surface area contributed by atoms with E-state index in [4.69, 9.17) is 29.5 Å². The number of carbonyl (C=O) groups excluding carboxylic acids is 2. The molecule has 0 amide bonds. The van der Waals surface area contributed by atoms with Crippen LogP contribution in [-0.4, -0.2) is 74.9 Å². The van der Waals surface area contributed by atoms with Crippen LogP contribution in [-0.2, 0) is 32.7 Å². The van der Waals surface area contributed by atoms with Crippen LogP contribution in [0, 0.1) is 0 Å². The predicted molar refractivity (Wildman–Crippen MR) is 233 cm³/mol. The molecule has 0 aromatic carbocycles. The van der Waals surface area contributed by atoms with Crippen LogP contribution in [0.15, 0.2) is 48.4 Å². The highest BCUT2D eigenvalue weighted by molar-refractivity contribution is 7.47. The van der Waals surface area contributed by atoms with Gasteiger partial charge in [0, 0.05) is 12.8 Å². The summed E-state index contributed by atoms with van der Waals surface area (Å²) in [6.45, 7) is 3.66. The summed E-state index contributed by atoms with van der Waals surface area (Å²) in [6, 6.07) is -1.40. The van der Waals surface area contributed by atoms with E-state index in [-0.39, 0.29) is 100.0 Å². The number of allylic oxidation sites excluding steroid dienone is 8. The van der Waals surface area contributed by atoms with Crippen LogP contribution in [0.5, 0.6) is 0 Å². The molecule has 0 heterocycles. The third-order valence-electron chi connectivity index (χ3n) is 8.77. The Balaban J connectivity index is 5.07. The van der Waals surface area contributed by atoms with Gasteiger partial charge in [-0.25, -0.2) is 4.57 Å². The van der Waals surface area contributed by atoms with Gasteiger partial charge in [-0.2, -0.15) is 0 Å². The molecule has 326 valence electrons. The molecule has 0 spiro atoms. The summed E-state index contributed by atoms with van der Waals surface area (Å²) >= 11 is 0. The van der Waals surface area contributed by atoms with Crippen LogP contribution in [0.25, 0.3) is 0 Å². The summed E-state index contributed by atoms with van der Waals surface area (Å²) in [5.74, 6) is -1.23. The van der Waals surface area contributed by atoms with E-state index in [1.54, 1.807) is 0 Å². The van der Waals surface area contributed by atoms with E-state index in [1.165, 1.54) is 70.6 Å². The largest absolute Gasteiger partial charge is 0.472 e. The lowest BCUT2D eigenvalue weighted by molar-refractivity contribution is -0.870. The molecule has 0 saturated heterocycles. The number of hydrogen-bond donors (Lipinski definition) is 1. The molecule has 1 N–H and O–H groups in total. The molecular weight excluding hydrogens is 725 g/mol. The van der Waals surface area contributed by atoms with Crippen molar-refractivity contribution >= 4 is 19.8 Å². The second-order valence-corrected chi connectivity index (χ2v) is 16.8. The quantitative estimate of drug-likeness (QED) is 0.0214. The number of nitrogens with zero attached hydrogens (tertiary/aromatic N) is 1. The maximum Gasteiger partial charge on any atom is 0.472 e. The number of hydrogen-bond acceptors (Lipinski definition) is 7. The van der Waals surface area contributed by atoms with Crippen LogP contribution in [0.4, 0.5) is 0 Å². The van der Waals surface area contributed by atoms with Crippen molar-refractivity contribution in [3.63, 3.8) is 0 Å². The highest BCUT2D eigenvalue weighted by Gasteiger charge is 2.27. The fraction of sp³-hybridized carbons (Fsp3) is 0.783. The Morgan fingerprint density at radius 2 is 1.02 bits per heavy atom. The molecule has 0 radical (unpaired) electrons. The lowest BCUT2D eigenvalue weighted by Crippen LogP contribution is -2.37. The Hall–Kier alpha value is -2.03. The minimum atomic E-state index is -4.53. The zero-order chi connectivity index (χ0) is 48.4. The van der Waals surface area contributed by atoms with Crippen LogP contribution in [0.2, 0.25) is 0 Å². The molecule has 1 unspecified atom stereocenters. The highest BCUT2D eigenvalue weighted by atomic mass is 31.2. The van der Waals surface area contributed by atoms with Crippen molar-refractivity contribution in [1.82, 2.24) is 0 Å². The number of unbranched alkanes of at least 4 members (excludes halogenated alkanes) is 16. The van der Waals surface area contributed by atoms with E-state index in [1.807, 2.05) is 28.1 Å². The lowest BCUT2D eigenvalue weighted by atomic mass is 10.0. The van der Waals surface area contributed by atoms with E-state index in [2.05, 4.69) is 6.92 Å². The van der Waals surface area contributed by atoms with Gasteiger partial charge >= 0.3 is 19.8 Å². The van der Waals surface area contributed by atoms with Crippen LogP contribution < -0.4 is 0 Å². The zero-order valence-electron chi connectivity index (χ0n) is 44.0. The predicted octanol–water partition coefficient (Wildman–Crippen LogP) is 12.7. The van der Waals surface area contributed by atoms with Crippen molar-refractivity contribution in [1.29, 1.82) is 0 Å². The normalized spacial score (nSPS) is 17.5. The fourth-order valence-electron chi connectivity index (χ4n) is 5.37. The number of likely N-dealkylation sites (N-methyl/N-ethyl adjacent to an activating group) is 1. The number of esters is 2. The molecule has 0 aliphatic carbocycles. The molecule has 9 nitrogen and oxygen atoms in total. The van der Waals surface area contributed by atoms with Gasteiger partial charge in [0.2, 0.25) is 0 Å². The molecule has 2 atom stereocenters. The second-order valence-electron chi connectivity index (χ2n) is 15.4. The zero-order valence-corrected chi connectivity index (χ0v) is 36.9. The van der Waals surface area contributed by atoms with Gasteiger partial charge in [-0.3, -0.25) is 18.6 Å². The first-order valence-electron chi connectivity index (χ1n) is 25.6. The van der Waals surface area contributed by atoms with Crippen molar-refractivity contribution in [2.24, 2.45) is 0 Å². The van der Waals surface area contributed by atoms with E-state index in [0.29, 0.717) is 23.9 Å². The first-order chi connectivity index (χ1) is 30.2. The van der Waals surface area contributed by atoms with E-state index in [0.717, 1.165) is 38.5 Å². The molecule has 0 fully saturated rings. The van der Waals surface area contributed by atoms with Gasteiger partial charge in [-0.05, 0) is 51.4 Å². The summed E-state index contributed by atoms with van der Waals surface area (Å²) in [4.78, 5) is 35.6. The minimum absolute atomic E-state index is 0.0251. The Morgan fingerprint density at radius 1 is 0.589 bits per heavy atom. The topological polar surface area (TPSA) is 108 Å². The third-order valence-corrected chi connectivity index (χ3v) is 9.76. The Kier molecular flexibility index (Phi) is 28.0. The summed E-state index contributed by atoms with van der Waals surface area (Å²) in [7, 11) is 1.15. The first kappa shape index (κ1) is 40.7. The van der Waals surface area contributed by atoms with Crippen molar-refractivity contribution in [3.8, 4) is 0 Å². The molecule has 0 aromatic rings. The van der Waals surface area contributed by atoms with Gasteiger partial charge in [-0.1, -0.05) is 165 Å². The van der Waals surface area contributed by atoms with Gasteiger partial charge < -0.3 is 18.9 Å². The minimum Gasteiger partial charge on any atom is -0.462 e. The van der Waals surface area contributed by atoms with Gasteiger partial charge in [0.1, 0.15) is 19.8 Å². The fourth-order valence-corrected chi connectivity index (χ4v) is 6.11. The van der Waals surface area contributed by atoms with Crippen LogP contribution in [0.1, 0.15) is 192 Å². The number of rotatable bonds is 40. The van der Waals surface area contributed by atoms with Crippen molar-refractivity contribution in [3.05, 3.63) is 48.4 Å². The molecule has 0 aromatic heterocycles. The van der Waals surface area contributed by atoms with E-state index < -0.39 is 39.1 Å². The third kappa shape index (κ3) is 41.6. The Bertz CT molecular complexity index is 1500. The standard InChI is InChI=1S/C46H84NO8P/c1-6-8-10-12-14-16-18-20-22-23-25-27-29-31-33-35-37-39-46(49)55-44(43-54-56(50,51)53-41-40-47(3,4)5)42-52-45(48)38-36-34-32-30-28-26-24-21-19-17-15-13-11-9-7-2/h14,16,20,22,25,27,31,33,44H,6-13,15,17-19,21,23-24,26,28-30,32,34-43H2,1-5H3/p+1/b16-14+,22-20-,27-25-,33-31-/t44-/m1/s1/i14D,16D,20D,22D,25D,27D,31D,33D. The molecule has 56 heavy (non-hydrogen) atoms. The molecule has 0 rings (SSSR count). The molecule has 10 heteroatoms. The molecule has 0 aliphatic rings. The number of ether oxygens (including phenoxy) is 2. The summed E-state index contributed by atoms with van der Waals surface area (Å²) in [5, 5.41) is 0. The van der Waals surface area contributed by atoms with Crippen LogP contribution in [0.3, 0.4) is 0 Å². The maximum absolute atomic E-state index is 12.8. The van der Waals surface area contributed by atoms with E-state index in [9.17, 15) is 19.0 Å².